The largest absolute Gasteiger partial charge is 0.496 e. The van der Waals surface area contributed by atoms with Gasteiger partial charge in [0.05, 0.1) is 13.7 Å². The molecule has 3 nitrogen and oxygen atoms in total. The van der Waals surface area contributed by atoms with Gasteiger partial charge in [0.25, 0.3) is 0 Å². The lowest BCUT2D eigenvalue weighted by atomic mass is 10.1. The van der Waals surface area contributed by atoms with Gasteiger partial charge in [-0.25, -0.2) is 0 Å². The van der Waals surface area contributed by atoms with Gasteiger partial charge in [0, 0.05) is 5.56 Å². The first-order chi connectivity index (χ1) is 5.79. The van der Waals surface area contributed by atoms with Crippen molar-refractivity contribution < 1.29 is 14.9 Å². The number of aliphatic hydroxyl groups is 2. The Balaban J connectivity index is 2.96. The Labute approximate surface area is 71.2 Å². The molecule has 0 aliphatic heterocycles. The zero-order valence-electron chi connectivity index (χ0n) is 6.90. The van der Waals surface area contributed by atoms with Crippen molar-refractivity contribution in [2.75, 3.05) is 13.7 Å². The molecule has 1 aromatic carbocycles. The van der Waals surface area contributed by atoms with Crippen LogP contribution in [0.3, 0.4) is 0 Å². The molecule has 0 radical (unpaired) electrons. The van der Waals surface area contributed by atoms with Crippen LogP contribution in [0.4, 0.5) is 0 Å². The zero-order chi connectivity index (χ0) is 8.97. The van der Waals surface area contributed by atoms with Crippen LogP contribution in [0.5, 0.6) is 5.75 Å². The Morgan fingerprint density at radius 3 is 2.67 bits per heavy atom. The highest BCUT2D eigenvalue weighted by molar-refractivity contribution is 5.34. The molecule has 1 atom stereocenters. The van der Waals surface area contributed by atoms with E-state index in [1.165, 1.54) is 7.11 Å². The number of methoxy groups -OCH3 is 1. The molecule has 66 valence electrons. The smallest absolute Gasteiger partial charge is 0.124 e. The summed E-state index contributed by atoms with van der Waals surface area (Å²) < 4.78 is 5.00. The van der Waals surface area contributed by atoms with Crippen molar-refractivity contribution in [3.63, 3.8) is 0 Å². The number of para-hydroxylation sites is 1. The number of aliphatic hydroxyl groups excluding tert-OH is 2. The van der Waals surface area contributed by atoms with E-state index < -0.39 is 6.10 Å². The van der Waals surface area contributed by atoms with E-state index in [2.05, 4.69) is 0 Å². The van der Waals surface area contributed by atoms with Gasteiger partial charge in [0.15, 0.2) is 0 Å². The van der Waals surface area contributed by atoms with Gasteiger partial charge in [0.2, 0.25) is 0 Å². The number of rotatable bonds is 3. The van der Waals surface area contributed by atoms with E-state index in [9.17, 15) is 5.11 Å². The van der Waals surface area contributed by atoms with E-state index in [0.717, 1.165) is 0 Å². The predicted molar refractivity (Wildman–Crippen MR) is 45.0 cm³/mol. The maximum Gasteiger partial charge on any atom is 0.124 e. The molecule has 0 saturated heterocycles. The van der Waals surface area contributed by atoms with Gasteiger partial charge in [-0.1, -0.05) is 18.2 Å². The van der Waals surface area contributed by atoms with Crippen molar-refractivity contribution >= 4 is 0 Å². The number of hydrogen-bond acceptors (Lipinski definition) is 3. The molecule has 0 aliphatic rings. The number of ether oxygens (including phenoxy) is 1. The molecule has 12 heavy (non-hydrogen) atoms. The van der Waals surface area contributed by atoms with Gasteiger partial charge in [-0.2, -0.15) is 0 Å². The molecule has 0 bridgehead atoms. The number of benzene rings is 1. The SMILES string of the molecule is COc1ccccc1[C@H](O)CO. The lowest BCUT2D eigenvalue weighted by molar-refractivity contribution is 0.0933. The Morgan fingerprint density at radius 2 is 2.08 bits per heavy atom. The summed E-state index contributed by atoms with van der Waals surface area (Å²) in [5.41, 5.74) is 0.613. The van der Waals surface area contributed by atoms with Crippen molar-refractivity contribution in [3.8, 4) is 5.75 Å². The first-order valence-corrected chi connectivity index (χ1v) is 3.71. The van der Waals surface area contributed by atoms with Crippen LogP contribution in [0.15, 0.2) is 24.3 Å². The molecule has 0 unspecified atom stereocenters. The average Bonchev–Trinajstić information content (AvgIpc) is 2.16. The lowest BCUT2D eigenvalue weighted by Gasteiger charge is -2.11. The quantitative estimate of drug-likeness (QED) is 0.699. The van der Waals surface area contributed by atoms with Crippen LogP contribution in [-0.4, -0.2) is 23.9 Å². The number of hydrogen-bond donors (Lipinski definition) is 2. The fraction of sp³-hybridized carbons (Fsp3) is 0.333. The molecule has 0 amide bonds. The lowest BCUT2D eigenvalue weighted by Crippen LogP contribution is -2.04. The van der Waals surface area contributed by atoms with E-state index in [4.69, 9.17) is 9.84 Å². The Kier molecular flexibility index (Phi) is 3.08. The summed E-state index contributed by atoms with van der Waals surface area (Å²) >= 11 is 0. The van der Waals surface area contributed by atoms with Crippen molar-refractivity contribution in [3.05, 3.63) is 29.8 Å². The second kappa shape index (κ2) is 4.09. The topological polar surface area (TPSA) is 49.7 Å². The molecule has 0 heterocycles. The standard InChI is InChI=1S/C9H12O3/c1-12-9-5-3-2-4-7(9)8(11)6-10/h2-5,8,10-11H,6H2,1H3/t8-/m1/s1. The second-order valence-corrected chi connectivity index (χ2v) is 2.44. The third-order valence-corrected chi connectivity index (χ3v) is 1.67. The van der Waals surface area contributed by atoms with Crippen molar-refractivity contribution in [1.82, 2.24) is 0 Å². The minimum absolute atomic E-state index is 0.291. The van der Waals surface area contributed by atoms with Gasteiger partial charge in [-0.3, -0.25) is 0 Å². The maximum atomic E-state index is 9.31. The van der Waals surface area contributed by atoms with Gasteiger partial charge >= 0.3 is 0 Å². The second-order valence-electron chi connectivity index (χ2n) is 2.44. The van der Waals surface area contributed by atoms with Crippen LogP contribution in [-0.2, 0) is 0 Å². The zero-order valence-corrected chi connectivity index (χ0v) is 6.90. The first kappa shape index (κ1) is 9.03. The summed E-state index contributed by atoms with van der Waals surface area (Å²) in [5.74, 6) is 0.596. The Hall–Kier alpha value is -1.06. The van der Waals surface area contributed by atoms with Crippen molar-refractivity contribution in [2.45, 2.75) is 6.10 Å². The minimum atomic E-state index is -0.860. The maximum absolute atomic E-state index is 9.31. The first-order valence-electron chi connectivity index (χ1n) is 3.71. The normalized spacial score (nSPS) is 12.6. The van der Waals surface area contributed by atoms with Crippen LogP contribution < -0.4 is 4.74 Å². The molecule has 1 rings (SSSR count). The van der Waals surface area contributed by atoms with Gasteiger partial charge in [-0.05, 0) is 6.07 Å². The third-order valence-electron chi connectivity index (χ3n) is 1.67. The summed E-state index contributed by atoms with van der Waals surface area (Å²) in [6.07, 6.45) is -0.860. The van der Waals surface area contributed by atoms with Crippen LogP contribution in [0, 0.1) is 0 Å². The summed E-state index contributed by atoms with van der Waals surface area (Å²) in [5, 5.41) is 18.0. The molecule has 0 saturated carbocycles. The third kappa shape index (κ3) is 1.75. The van der Waals surface area contributed by atoms with Gasteiger partial charge < -0.3 is 14.9 Å². The van der Waals surface area contributed by atoms with E-state index in [0.29, 0.717) is 11.3 Å². The van der Waals surface area contributed by atoms with E-state index in [1.807, 2.05) is 6.07 Å². The van der Waals surface area contributed by atoms with E-state index in [-0.39, 0.29) is 6.61 Å². The molecule has 0 spiro atoms. The highest BCUT2D eigenvalue weighted by Crippen LogP contribution is 2.23. The molecule has 0 aromatic heterocycles. The highest BCUT2D eigenvalue weighted by atomic mass is 16.5. The highest BCUT2D eigenvalue weighted by Gasteiger charge is 2.10. The van der Waals surface area contributed by atoms with E-state index >= 15 is 0 Å². The Bertz CT molecular complexity index is 247. The summed E-state index contributed by atoms with van der Waals surface area (Å²) in [6, 6.07) is 7.07. The monoisotopic (exact) mass is 168 g/mol. The van der Waals surface area contributed by atoms with Crippen LogP contribution >= 0.6 is 0 Å². The summed E-state index contributed by atoms with van der Waals surface area (Å²) in [7, 11) is 1.53. The summed E-state index contributed by atoms with van der Waals surface area (Å²) in [6.45, 7) is -0.291. The fourth-order valence-corrected chi connectivity index (χ4v) is 1.04. The van der Waals surface area contributed by atoms with Crippen molar-refractivity contribution in [1.29, 1.82) is 0 Å². The average molecular weight is 168 g/mol. The van der Waals surface area contributed by atoms with Crippen molar-refractivity contribution in [2.24, 2.45) is 0 Å². The molecule has 1 aromatic rings. The Morgan fingerprint density at radius 1 is 1.42 bits per heavy atom. The molecular weight excluding hydrogens is 156 g/mol. The summed E-state index contributed by atoms with van der Waals surface area (Å²) in [4.78, 5) is 0. The fourth-order valence-electron chi connectivity index (χ4n) is 1.04. The van der Waals surface area contributed by atoms with Gasteiger partial charge in [-0.15, -0.1) is 0 Å². The van der Waals surface area contributed by atoms with Gasteiger partial charge in [0.1, 0.15) is 11.9 Å². The van der Waals surface area contributed by atoms with E-state index in [1.54, 1.807) is 18.2 Å². The molecular formula is C9H12O3. The van der Waals surface area contributed by atoms with Crippen LogP contribution in [0.1, 0.15) is 11.7 Å². The molecule has 2 N–H and O–H groups in total. The molecule has 0 fully saturated rings. The minimum Gasteiger partial charge on any atom is -0.496 e. The predicted octanol–water partition coefficient (Wildman–Crippen LogP) is 0.721. The van der Waals surface area contributed by atoms with Crippen LogP contribution in [0.25, 0.3) is 0 Å². The molecule has 0 aliphatic carbocycles. The molecule has 3 heteroatoms. The van der Waals surface area contributed by atoms with Crippen LogP contribution in [0.2, 0.25) is 0 Å².